The molecule has 0 radical (unpaired) electrons. The van der Waals surface area contributed by atoms with Gasteiger partial charge in [-0.3, -0.25) is 5.32 Å². The predicted octanol–water partition coefficient (Wildman–Crippen LogP) is 1.56. The topological polar surface area (TPSA) is 32.3 Å². The second-order valence-electron chi connectivity index (χ2n) is 4.93. The van der Waals surface area contributed by atoms with Crippen molar-refractivity contribution in [1.29, 1.82) is 0 Å². The number of aliphatic hydroxyl groups excluding tert-OH is 1. The number of rotatable bonds is 0. The number of nitrogens with one attached hydrogen (secondary N) is 1. The Morgan fingerprint density at radius 1 is 1.40 bits per heavy atom. The van der Waals surface area contributed by atoms with Gasteiger partial charge in [0.05, 0.1) is 0 Å². The minimum absolute atomic E-state index is 0.368. The van der Waals surface area contributed by atoms with Crippen LogP contribution < -0.4 is 5.32 Å². The van der Waals surface area contributed by atoms with Gasteiger partial charge in [0.15, 0.2) is 0 Å². The molecule has 1 aliphatic heterocycles. The highest BCUT2D eigenvalue weighted by Crippen LogP contribution is 2.49. The van der Waals surface area contributed by atoms with Gasteiger partial charge in [-0.2, -0.15) is 0 Å². The molecule has 1 heterocycles. The van der Waals surface area contributed by atoms with E-state index in [2.05, 4.69) is 30.4 Å². The molecule has 3 atom stereocenters. The molecular weight excluding hydrogens is 186 g/mol. The summed E-state index contributed by atoms with van der Waals surface area (Å²) in [6.45, 7) is 3.09. The summed E-state index contributed by atoms with van der Waals surface area (Å²) >= 11 is 0. The summed E-state index contributed by atoms with van der Waals surface area (Å²) in [5.41, 5.74) is 4.10. The second-order valence-corrected chi connectivity index (χ2v) is 4.93. The van der Waals surface area contributed by atoms with E-state index in [0.29, 0.717) is 0 Å². The lowest BCUT2D eigenvalue weighted by molar-refractivity contribution is 0.134. The van der Waals surface area contributed by atoms with Gasteiger partial charge in [-0.1, -0.05) is 23.8 Å². The van der Waals surface area contributed by atoms with Crippen LogP contribution in [-0.2, 0) is 6.42 Å². The highest BCUT2D eigenvalue weighted by atomic mass is 16.3. The molecule has 2 nitrogen and oxygen atoms in total. The predicted molar refractivity (Wildman–Crippen MR) is 59.7 cm³/mol. The van der Waals surface area contributed by atoms with Crippen molar-refractivity contribution in [2.24, 2.45) is 5.92 Å². The van der Waals surface area contributed by atoms with Gasteiger partial charge in [-0.25, -0.2) is 0 Å². The van der Waals surface area contributed by atoms with Gasteiger partial charge in [0, 0.05) is 13.0 Å². The highest BCUT2D eigenvalue weighted by molar-refractivity contribution is 5.38. The van der Waals surface area contributed by atoms with E-state index in [9.17, 15) is 5.11 Å². The normalized spacial score (nSPS) is 33.6. The Balaban J connectivity index is 2.01. The first kappa shape index (κ1) is 9.37. The summed E-state index contributed by atoms with van der Waals surface area (Å²) in [6.07, 6.45) is 1.67. The Morgan fingerprint density at radius 3 is 3.13 bits per heavy atom. The van der Waals surface area contributed by atoms with Gasteiger partial charge in [-0.05, 0) is 36.3 Å². The highest BCUT2D eigenvalue weighted by Gasteiger charge is 2.40. The maximum atomic E-state index is 9.78. The van der Waals surface area contributed by atoms with Crippen LogP contribution in [-0.4, -0.2) is 17.9 Å². The van der Waals surface area contributed by atoms with E-state index in [-0.39, 0.29) is 6.23 Å². The molecule has 1 aromatic carbocycles. The lowest BCUT2D eigenvalue weighted by atomic mass is 9.95. The average Bonchev–Trinajstić information content (AvgIpc) is 2.92. The zero-order valence-corrected chi connectivity index (χ0v) is 9.03. The average molecular weight is 203 g/mol. The molecule has 1 aromatic rings. The molecule has 0 aromatic heterocycles. The van der Waals surface area contributed by atoms with Crippen LogP contribution in [0.4, 0.5) is 0 Å². The van der Waals surface area contributed by atoms with E-state index < -0.39 is 0 Å². The molecule has 0 amide bonds. The molecule has 1 aliphatic carbocycles. The molecule has 2 heteroatoms. The van der Waals surface area contributed by atoms with Crippen molar-refractivity contribution in [3.05, 3.63) is 34.9 Å². The van der Waals surface area contributed by atoms with Crippen LogP contribution in [0.1, 0.15) is 29.0 Å². The van der Waals surface area contributed by atoms with Gasteiger partial charge in [0.2, 0.25) is 0 Å². The van der Waals surface area contributed by atoms with Crippen molar-refractivity contribution in [3.63, 3.8) is 0 Å². The standard InChI is InChI=1S/C13H17NO/c1-8-2-3-11-9(4-8)6-13(15)14-7-10-5-12(10)11/h2-4,10,12-15H,5-7H2,1H3. The molecule has 0 bridgehead atoms. The molecule has 2 N–H and O–H groups in total. The first-order chi connectivity index (χ1) is 7.24. The van der Waals surface area contributed by atoms with Crippen LogP contribution in [0.3, 0.4) is 0 Å². The molecule has 15 heavy (non-hydrogen) atoms. The van der Waals surface area contributed by atoms with E-state index in [4.69, 9.17) is 0 Å². The zero-order chi connectivity index (χ0) is 10.4. The summed E-state index contributed by atoms with van der Waals surface area (Å²) in [5.74, 6) is 1.50. The largest absolute Gasteiger partial charge is 0.378 e. The summed E-state index contributed by atoms with van der Waals surface area (Å²) in [6, 6.07) is 6.67. The molecule has 2 aliphatic rings. The third kappa shape index (κ3) is 1.68. The van der Waals surface area contributed by atoms with E-state index in [0.717, 1.165) is 24.8 Å². The minimum atomic E-state index is -0.368. The lowest BCUT2D eigenvalue weighted by Crippen LogP contribution is -2.34. The van der Waals surface area contributed by atoms with E-state index in [1.54, 1.807) is 0 Å². The van der Waals surface area contributed by atoms with Crippen molar-refractivity contribution in [2.45, 2.75) is 31.9 Å². The molecular formula is C13H17NO. The van der Waals surface area contributed by atoms with Gasteiger partial charge in [0.1, 0.15) is 6.23 Å². The summed E-state index contributed by atoms with van der Waals surface area (Å²) in [4.78, 5) is 0. The number of fused-ring (bicyclic) bond motifs is 3. The third-order valence-electron chi connectivity index (χ3n) is 3.65. The maximum absolute atomic E-state index is 9.78. The Morgan fingerprint density at radius 2 is 2.27 bits per heavy atom. The number of aryl methyl sites for hydroxylation is 1. The SMILES string of the molecule is Cc1ccc2c(c1)CC(O)NCC1CC21. The van der Waals surface area contributed by atoms with E-state index in [1.165, 1.54) is 23.1 Å². The van der Waals surface area contributed by atoms with Crippen molar-refractivity contribution < 1.29 is 5.11 Å². The maximum Gasteiger partial charge on any atom is 0.109 e. The Hall–Kier alpha value is -0.860. The molecule has 3 unspecified atom stereocenters. The van der Waals surface area contributed by atoms with Gasteiger partial charge < -0.3 is 5.11 Å². The third-order valence-corrected chi connectivity index (χ3v) is 3.65. The van der Waals surface area contributed by atoms with Crippen LogP contribution >= 0.6 is 0 Å². The fraction of sp³-hybridized carbons (Fsp3) is 0.538. The number of aliphatic hydroxyl groups is 1. The number of hydrogen-bond acceptors (Lipinski definition) is 2. The summed E-state index contributed by atoms with van der Waals surface area (Å²) < 4.78 is 0. The number of hydrogen-bond donors (Lipinski definition) is 2. The van der Waals surface area contributed by atoms with E-state index in [1.807, 2.05) is 0 Å². The van der Waals surface area contributed by atoms with Crippen LogP contribution in [0.15, 0.2) is 18.2 Å². The van der Waals surface area contributed by atoms with Gasteiger partial charge in [-0.15, -0.1) is 0 Å². The Kier molecular flexibility index (Phi) is 2.08. The van der Waals surface area contributed by atoms with Gasteiger partial charge in [0.25, 0.3) is 0 Å². The van der Waals surface area contributed by atoms with E-state index >= 15 is 0 Å². The monoisotopic (exact) mass is 203 g/mol. The lowest BCUT2D eigenvalue weighted by Gasteiger charge is -2.19. The van der Waals surface area contributed by atoms with Crippen LogP contribution in [0.25, 0.3) is 0 Å². The Labute approximate surface area is 90.3 Å². The Bertz CT molecular complexity index is 388. The molecule has 1 fully saturated rings. The first-order valence-electron chi connectivity index (χ1n) is 5.75. The van der Waals surface area contributed by atoms with Crippen LogP contribution in [0.2, 0.25) is 0 Å². The molecule has 80 valence electrons. The first-order valence-corrected chi connectivity index (χ1v) is 5.75. The molecule has 3 rings (SSSR count). The van der Waals surface area contributed by atoms with Gasteiger partial charge >= 0.3 is 0 Å². The summed E-state index contributed by atoms with van der Waals surface area (Å²) in [5, 5.41) is 13.0. The fourth-order valence-electron chi connectivity index (χ4n) is 2.70. The molecule has 1 saturated carbocycles. The second kappa shape index (κ2) is 3.32. The fourth-order valence-corrected chi connectivity index (χ4v) is 2.70. The summed E-state index contributed by atoms with van der Waals surface area (Å²) in [7, 11) is 0. The van der Waals surface area contributed by atoms with Crippen molar-refractivity contribution in [3.8, 4) is 0 Å². The van der Waals surface area contributed by atoms with Crippen molar-refractivity contribution in [1.82, 2.24) is 5.32 Å². The van der Waals surface area contributed by atoms with Crippen molar-refractivity contribution in [2.75, 3.05) is 6.54 Å². The molecule has 0 spiro atoms. The van der Waals surface area contributed by atoms with Crippen LogP contribution in [0, 0.1) is 12.8 Å². The smallest absolute Gasteiger partial charge is 0.109 e. The van der Waals surface area contributed by atoms with Crippen molar-refractivity contribution >= 4 is 0 Å². The minimum Gasteiger partial charge on any atom is -0.378 e. The van der Waals surface area contributed by atoms with Crippen LogP contribution in [0.5, 0.6) is 0 Å². The quantitative estimate of drug-likeness (QED) is 0.670. The molecule has 0 saturated heterocycles. The zero-order valence-electron chi connectivity index (χ0n) is 9.03. The number of benzene rings is 1.